The molecule has 1 aromatic carbocycles. The molecule has 2 N–H and O–H groups in total. The summed E-state index contributed by atoms with van der Waals surface area (Å²) in [5.41, 5.74) is -0.647. The highest BCUT2D eigenvalue weighted by Crippen LogP contribution is 2.26. The van der Waals surface area contributed by atoms with Crippen molar-refractivity contribution in [3.8, 4) is 5.75 Å². The first-order chi connectivity index (χ1) is 15.4. The highest BCUT2D eigenvalue weighted by Gasteiger charge is 2.36. The van der Waals surface area contributed by atoms with Crippen LogP contribution in [0.3, 0.4) is 0 Å². The molecule has 33 heavy (non-hydrogen) atoms. The minimum Gasteiger partial charge on any atom is -0.501 e. The topological polar surface area (TPSA) is 125 Å². The van der Waals surface area contributed by atoms with Gasteiger partial charge >= 0.3 is 0 Å². The fraction of sp³-hybridized carbons (Fsp3) is 0.476. The van der Waals surface area contributed by atoms with Crippen molar-refractivity contribution >= 4 is 15.9 Å². The van der Waals surface area contributed by atoms with Crippen LogP contribution in [-0.2, 0) is 23.6 Å². The van der Waals surface area contributed by atoms with Crippen molar-refractivity contribution < 1.29 is 22.7 Å². The fourth-order valence-corrected chi connectivity index (χ4v) is 4.87. The van der Waals surface area contributed by atoms with Gasteiger partial charge in [0, 0.05) is 33.2 Å². The first-order valence-corrected chi connectivity index (χ1v) is 12.0. The summed E-state index contributed by atoms with van der Waals surface area (Å²) < 4.78 is 40.9. The van der Waals surface area contributed by atoms with Crippen molar-refractivity contribution in [2.24, 2.45) is 7.05 Å². The second-order valence-corrected chi connectivity index (χ2v) is 10.8. The maximum Gasteiger partial charge on any atom is 0.296 e. The predicted octanol–water partition coefficient (Wildman–Crippen LogP) is 0.582. The maximum absolute atomic E-state index is 13.1. The number of carbonyl (C=O) groups is 1. The van der Waals surface area contributed by atoms with Gasteiger partial charge in [-0.3, -0.25) is 19.1 Å². The standard InChI is InChI=1S/C21H28FN5O5S/c1-13(2)33(31,32)27-10-9-25(3)16(12-27)19-24-17(18(28)21(30)26(19)4)20(29)23-11-14-5-7-15(22)8-6-14/h5-8,13,16,28H,9-12H2,1-4H3,(H,23,29). The number of likely N-dealkylation sites (N-methyl/N-ethyl adjacent to an activating group) is 1. The molecular weight excluding hydrogens is 453 g/mol. The molecule has 12 heteroatoms. The molecule has 10 nitrogen and oxygen atoms in total. The molecule has 0 spiro atoms. The lowest BCUT2D eigenvalue weighted by molar-refractivity contribution is 0.0938. The van der Waals surface area contributed by atoms with Gasteiger partial charge in [-0.25, -0.2) is 17.8 Å². The molecule has 1 atom stereocenters. The third-order valence-corrected chi connectivity index (χ3v) is 7.99. The molecule has 1 aliphatic rings. The zero-order valence-corrected chi connectivity index (χ0v) is 19.8. The number of rotatable bonds is 6. The Morgan fingerprint density at radius 1 is 1.24 bits per heavy atom. The van der Waals surface area contributed by atoms with Crippen molar-refractivity contribution in [2.75, 3.05) is 26.7 Å². The molecule has 1 saturated heterocycles. The second kappa shape index (κ2) is 9.57. The molecule has 3 rings (SSSR count). The highest BCUT2D eigenvalue weighted by molar-refractivity contribution is 7.89. The maximum atomic E-state index is 13.1. The van der Waals surface area contributed by atoms with Crippen LogP contribution in [0.15, 0.2) is 29.1 Å². The zero-order valence-electron chi connectivity index (χ0n) is 18.9. The van der Waals surface area contributed by atoms with Gasteiger partial charge in [0.15, 0.2) is 5.69 Å². The molecule has 1 aromatic heterocycles. The van der Waals surface area contributed by atoms with Gasteiger partial charge in [0.1, 0.15) is 11.6 Å². The van der Waals surface area contributed by atoms with Crippen LogP contribution in [0.2, 0.25) is 0 Å². The normalized spacial score (nSPS) is 17.9. The van der Waals surface area contributed by atoms with Gasteiger partial charge in [0.05, 0.1) is 11.3 Å². The van der Waals surface area contributed by atoms with Crippen molar-refractivity contribution in [1.82, 2.24) is 24.1 Å². The summed E-state index contributed by atoms with van der Waals surface area (Å²) >= 11 is 0. The lowest BCUT2D eigenvalue weighted by Crippen LogP contribution is -2.51. The summed E-state index contributed by atoms with van der Waals surface area (Å²) in [4.78, 5) is 31.5. The Bertz CT molecular complexity index is 1200. The van der Waals surface area contributed by atoms with Gasteiger partial charge in [-0.2, -0.15) is 4.31 Å². The van der Waals surface area contributed by atoms with E-state index in [1.54, 1.807) is 20.9 Å². The molecule has 1 aliphatic heterocycles. The van der Waals surface area contributed by atoms with Gasteiger partial charge in [-0.05, 0) is 38.6 Å². The van der Waals surface area contributed by atoms with Gasteiger partial charge in [-0.1, -0.05) is 12.1 Å². The van der Waals surface area contributed by atoms with Gasteiger partial charge in [-0.15, -0.1) is 0 Å². The monoisotopic (exact) mass is 481 g/mol. The van der Waals surface area contributed by atoms with Crippen molar-refractivity contribution in [3.05, 3.63) is 57.5 Å². The van der Waals surface area contributed by atoms with E-state index in [1.807, 2.05) is 4.90 Å². The largest absolute Gasteiger partial charge is 0.501 e. The van der Waals surface area contributed by atoms with Gasteiger partial charge in [0.2, 0.25) is 15.8 Å². The first kappa shape index (κ1) is 24.8. The smallest absolute Gasteiger partial charge is 0.296 e. The molecular formula is C21H28FN5O5S. The number of nitrogens with zero attached hydrogens (tertiary/aromatic N) is 4. The van der Waals surface area contributed by atoms with E-state index in [2.05, 4.69) is 10.3 Å². The van der Waals surface area contributed by atoms with Crippen molar-refractivity contribution in [1.29, 1.82) is 0 Å². The summed E-state index contributed by atoms with van der Waals surface area (Å²) in [6.07, 6.45) is 0. The number of amides is 1. The minimum absolute atomic E-state index is 0.0362. The molecule has 2 aromatic rings. The second-order valence-electron chi connectivity index (χ2n) is 8.29. The van der Waals surface area contributed by atoms with E-state index in [0.29, 0.717) is 18.7 Å². The van der Waals surface area contributed by atoms with E-state index in [9.17, 15) is 27.5 Å². The third-order valence-electron chi connectivity index (χ3n) is 5.75. The Morgan fingerprint density at radius 3 is 2.48 bits per heavy atom. The Labute approximate surface area is 191 Å². The summed E-state index contributed by atoms with van der Waals surface area (Å²) in [5.74, 6) is -1.83. The minimum atomic E-state index is -3.53. The molecule has 1 unspecified atom stereocenters. The number of hydrogen-bond acceptors (Lipinski definition) is 7. The summed E-state index contributed by atoms with van der Waals surface area (Å²) in [6, 6.07) is 4.90. The van der Waals surface area contributed by atoms with Crippen LogP contribution < -0.4 is 10.9 Å². The Balaban J connectivity index is 1.92. The van der Waals surface area contributed by atoms with Crippen LogP contribution >= 0.6 is 0 Å². The van der Waals surface area contributed by atoms with Crippen molar-refractivity contribution in [2.45, 2.75) is 31.7 Å². The van der Waals surface area contributed by atoms with E-state index >= 15 is 0 Å². The molecule has 180 valence electrons. The summed E-state index contributed by atoms with van der Waals surface area (Å²) in [5, 5.41) is 12.3. The number of benzene rings is 1. The van der Waals surface area contributed by atoms with Crippen molar-refractivity contribution in [3.63, 3.8) is 0 Å². The van der Waals surface area contributed by atoms with Crippen LogP contribution in [0.1, 0.15) is 41.8 Å². The van der Waals surface area contributed by atoms with E-state index in [4.69, 9.17) is 0 Å². The molecule has 0 bridgehead atoms. The van der Waals surface area contributed by atoms with Crippen LogP contribution in [0.4, 0.5) is 4.39 Å². The van der Waals surface area contributed by atoms with Crippen LogP contribution in [0.25, 0.3) is 0 Å². The number of sulfonamides is 1. The lowest BCUT2D eigenvalue weighted by atomic mass is 10.1. The number of halogens is 1. The number of aromatic hydroxyl groups is 1. The average molecular weight is 482 g/mol. The molecule has 0 saturated carbocycles. The third kappa shape index (κ3) is 5.07. The molecule has 0 radical (unpaired) electrons. The van der Waals surface area contributed by atoms with E-state index in [-0.39, 0.29) is 18.9 Å². The average Bonchev–Trinajstić information content (AvgIpc) is 2.77. The molecule has 1 fully saturated rings. The van der Waals surface area contributed by atoms with Gasteiger partial charge < -0.3 is 10.4 Å². The SMILES string of the molecule is CC(C)S(=O)(=O)N1CCN(C)C(c2nc(C(=O)NCc3ccc(F)cc3)c(O)c(=O)n2C)C1. The number of nitrogens with one attached hydrogen (secondary N) is 1. The highest BCUT2D eigenvalue weighted by atomic mass is 32.2. The molecule has 0 aliphatic carbocycles. The van der Waals surface area contributed by atoms with Gasteiger partial charge in [0.25, 0.3) is 11.5 Å². The van der Waals surface area contributed by atoms with Crippen LogP contribution in [-0.4, -0.2) is 70.1 Å². The number of aromatic nitrogens is 2. The Hall–Kier alpha value is -2.83. The summed E-state index contributed by atoms with van der Waals surface area (Å²) in [7, 11) is -0.342. The summed E-state index contributed by atoms with van der Waals surface area (Å²) in [6.45, 7) is 3.98. The number of hydrogen-bond donors (Lipinski definition) is 2. The zero-order chi connectivity index (χ0) is 24.5. The molecule has 1 amide bonds. The quantitative estimate of drug-likeness (QED) is 0.618. The van der Waals surface area contributed by atoms with E-state index in [0.717, 1.165) is 4.57 Å². The lowest BCUT2D eigenvalue weighted by Gasteiger charge is -2.39. The van der Waals surface area contributed by atoms with E-state index in [1.165, 1.54) is 35.6 Å². The fourth-order valence-electron chi connectivity index (χ4n) is 3.59. The first-order valence-electron chi connectivity index (χ1n) is 10.4. The number of piperazine rings is 1. The predicted molar refractivity (Wildman–Crippen MR) is 120 cm³/mol. The van der Waals surface area contributed by atoms with Crippen LogP contribution in [0.5, 0.6) is 5.75 Å². The number of carbonyl (C=O) groups excluding carboxylic acids is 1. The Kier molecular flexibility index (Phi) is 7.20. The van der Waals surface area contributed by atoms with E-state index < -0.39 is 50.0 Å². The Morgan fingerprint density at radius 2 is 1.88 bits per heavy atom. The molecule has 2 heterocycles. The van der Waals surface area contributed by atoms with Crippen LogP contribution in [0, 0.1) is 5.82 Å².